The fourth-order valence-corrected chi connectivity index (χ4v) is 5.22. The first-order chi connectivity index (χ1) is 7.29. The van der Waals surface area contributed by atoms with Crippen LogP contribution in [0.2, 0.25) is 0 Å². The molecule has 0 unspecified atom stereocenters. The Kier molecular flexibility index (Phi) is 4.33. The van der Waals surface area contributed by atoms with Gasteiger partial charge in [0.1, 0.15) is 9.84 Å². The average Bonchev–Trinajstić information content (AvgIpc) is 2.17. The van der Waals surface area contributed by atoms with Gasteiger partial charge in [-0.3, -0.25) is 0 Å². The summed E-state index contributed by atoms with van der Waals surface area (Å²) in [6.07, 6.45) is 0.388. The molecule has 0 amide bonds. The minimum absolute atomic E-state index is 0.0344. The minimum atomic E-state index is -3.39. The number of rotatable bonds is 4. The number of likely N-dealkylation sites (N-methyl/N-ethyl adjacent to an activating group) is 1. The van der Waals surface area contributed by atoms with Gasteiger partial charge in [-0.2, -0.15) is 0 Å². The van der Waals surface area contributed by atoms with Crippen molar-refractivity contribution in [1.82, 2.24) is 4.31 Å². The predicted molar refractivity (Wildman–Crippen MR) is 62.3 cm³/mol. The topological polar surface area (TPSA) is 97.5 Å². The first-order valence-electron chi connectivity index (χ1n) is 5.15. The van der Waals surface area contributed by atoms with Crippen LogP contribution in [0.25, 0.3) is 0 Å². The van der Waals surface area contributed by atoms with Gasteiger partial charge in [-0.1, -0.05) is 0 Å². The lowest BCUT2D eigenvalue weighted by Gasteiger charge is -2.26. The Hall–Kier alpha value is -0.180. The smallest absolute Gasteiger partial charge is 0.216 e. The highest BCUT2D eigenvalue weighted by Crippen LogP contribution is 2.21. The molecule has 1 fully saturated rings. The summed E-state index contributed by atoms with van der Waals surface area (Å²) in [6.45, 7) is 0.534. The Bertz CT molecular complexity index is 415. The second-order valence-corrected chi connectivity index (χ2v) is 8.63. The van der Waals surface area contributed by atoms with E-state index in [0.29, 0.717) is 0 Å². The molecule has 1 saturated heterocycles. The second-order valence-electron chi connectivity index (χ2n) is 4.01. The lowest BCUT2D eigenvalue weighted by molar-refractivity contribution is 0.457. The number of sulfonamides is 1. The van der Waals surface area contributed by atoms with Crippen molar-refractivity contribution in [1.29, 1.82) is 0 Å². The van der Waals surface area contributed by atoms with E-state index in [1.54, 1.807) is 0 Å². The summed E-state index contributed by atoms with van der Waals surface area (Å²) in [4.78, 5) is 0. The van der Waals surface area contributed by atoms with E-state index in [0.717, 1.165) is 0 Å². The van der Waals surface area contributed by atoms with Crippen molar-refractivity contribution in [3.8, 4) is 0 Å². The molecule has 0 spiro atoms. The summed E-state index contributed by atoms with van der Waals surface area (Å²) < 4.78 is 47.5. The third-order valence-electron chi connectivity index (χ3n) is 2.80. The van der Waals surface area contributed by atoms with E-state index in [2.05, 4.69) is 0 Å². The second kappa shape index (κ2) is 4.99. The highest BCUT2D eigenvalue weighted by Gasteiger charge is 2.34. The van der Waals surface area contributed by atoms with Gasteiger partial charge in [0.2, 0.25) is 10.0 Å². The van der Waals surface area contributed by atoms with Crippen LogP contribution in [0.4, 0.5) is 0 Å². The van der Waals surface area contributed by atoms with Gasteiger partial charge in [0.05, 0.1) is 16.8 Å². The van der Waals surface area contributed by atoms with Gasteiger partial charge in [-0.05, 0) is 12.8 Å². The van der Waals surface area contributed by atoms with Gasteiger partial charge < -0.3 is 5.73 Å². The fraction of sp³-hybridized carbons (Fsp3) is 1.00. The zero-order chi connectivity index (χ0) is 12.4. The highest BCUT2D eigenvalue weighted by atomic mass is 32.2. The lowest BCUT2D eigenvalue weighted by Crippen LogP contribution is -2.42. The molecule has 0 aliphatic carbocycles. The molecule has 1 heterocycles. The summed E-state index contributed by atoms with van der Waals surface area (Å²) in [5.41, 5.74) is 5.30. The number of nitrogens with zero attached hydrogens (tertiary/aromatic N) is 1. The Balaban J connectivity index is 2.72. The Morgan fingerprint density at radius 2 is 1.81 bits per heavy atom. The van der Waals surface area contributed by atoms with Crippen molar-refractivity contribution in [3.05, 3.63) is 0 Å². The Morgan fingerprint density at radius 3 is 2.25 bits per heavy atom. The molecule has 0 aromatic heterocycles. The van der Waals surface area contributed by atoms with E-state index in [1.807, 2.05) is 0 Å². The largest absolute Gasteiger partial charge is 0.329 e. The third kappa shape index (κ3) is 3.16. The zero-order valence-electron chi connectivity index (χ0n) is 9.29. The van der Waals surface area contributed by atoms with E-state index in [1.165, 1.54) is 11.4 Å². The van der Waals surface area contributed by atoms with Gasteiger partial charge >= 0.3 is 0 Å². The van der Waals surface area contributed by atoms with Crippen LogP contribution in [0.1, 0.15) is 12.8 Å². The number of sulfone groups is 1. The van der Waals surface area contributed by atoms with E-state index in [4.69, 9.17) is 5.73 Å². The summed E-state index contributed by atoms with van der Waals surface area (Å²) in [5.74, 6) is -0.0687. The highest BCUT2D eigenvalue weighted by molar-refractivity contribution is 7.92. The van der Waals surface area contributed by atoms with Crippen LogP contribution in [-0.2, 0) is 19.9 Å². The summed E-state index contributed by atoms with van der Waals surface area (Å²) in [7, 11) is -4.93. The van der Waals surface area contributed by atoms with Crippen molar-refractivity contribution < 1.29 is 16.8 Å². The Morgan fingerprint density at radius 1 is 1.31 bits per heavy atom. The first-order valence-corrected chi connectivity index (χ1v) is 8.48. The normalized spacial score (nSPS) is 22.4. The van der Waals surface area contributed by atoms with Gasteiger partial charge in [0.15, 0.2) is 0 Å². The van der Waals surface area contributed by atoms with E-state index in [-0.39, 0.29) is 37.4 Å². The summed E-state index contributed by atoms with van der Waals surface area (Å²) in [6, 6.07) is 0. The summed E-state index contributed by atoms with van der Waals surface area (Å²) >= 11 is 0. The fourth-order valence-electron chi connectivity index (χ4n) is 1.73. The SMILES string of the molecule is CN(CCN)S(=O)(=O)C1CCS(=O)(=O)CC1. The maximum atomic E-state index is 12.0. The van der Waals surface area contributed by atoms with Crippen molar-refractivity contribution in [2.24, 2.45) is 5.73 Å². The standard InChI is InChI=1S/C8H18N2O4S2/c1-10(5-4-9)16(13,14)8-2-6-15(11,12)7-3-8/h8H,2-7,9H2,1H3. The molecule has 0 radical (unpaired) electrons. The van der Waals surface area contributed by atoms with Gasteiger partial charge in [0.25, 0.3) is 0 Å². The molecule has 8 heteroatoms. The van der Waals surface area contributed by atoms with Crippen molar-refractivity contribution >= 4 is 19.9 Å². The molecule has 0 aromatic rings. The van der Waals surface area contributed by atoms with Crippen LogP contribution in [-0.4, -0.2) is 58.0 Å². The molecule has 0 aromatic carbocycles. The van der Waals surface area contributed by atoms with Crippen LogP contribution < -0.4 is 5.73 Å². The van der Waals surface area contributed by atoms with Crippen molar-refractivity contribution in [2.45, 2.75) is 18.1 Å². The van der Waals surface area contributed by atoms with Gasteiger partial charge in [-0.15, -0.1) is 0 Å². The van der Waals surface area contributed by atoms with Gasteiger partial charge in [0, 0.05) is 20.1 Å². The molecule has 1 aliphatic heterocycles. The molecule has 2 N–H and O–H groups in total. The quantitative estimate of drug-likeness (QED) is 0.691. The molecular weight excluding hydrogens is 252 g/mol. The molecule has 0 atom stereocenters. The first kappa shape index (κ1) is 13.9. The van der Waals surface area contributed by atoms with Crippen molar-refractivity contribution in [2.75, 3.05) is 31.6 Å². The van der Waals surface area contributed by atoms with Crippen LogP contribution in [0, 0.1) is 0 Å². The molecule has 6 nitrogen and oxygen atoms in total. The van der Waals surface area contributed by atoms with E-state index >= 15 is 0 Å². The molecule has 1 aliphatic rings. The predicted octanol–water partition coefficient (Wildman–Crippen LogP) is -1.22. The molecular formula is C8H18N2O4S2. The number of hydrogen-bond donors (Lipinski definition) is 1. The maximum Gasteiger partial charge on any atom is 0.216 e. The average molecular weight is 270 g/mol. The number of hydrogen-bond acceptors (Lipinski definition) is 5. The van der Waals surface area contributed by atoms with Crippen LogP contribution in [0.3, 0.4) is 0 Å². The van der Waals surface area contributed by atoms with Crippen molar-refractivity contribution in [3.63, 3.8) is 0 Å². The van der Waals surface area contributed by atoms with Gasteiger partial charge in [-0.25, -0.2) is 21.1 Å². The monoisotopic (exact) mass is 270 g/mol. The third-order valence-corrected chi connectivity index (χ3v) is 6.88. The molecule has 0 saturated carbocycles. The van der Waals surface area contributed by atoms with Crippen LogP contribution in [0.15, 0.2) is 0 Å². The lowest BCUT2D eigenvalue weighted by atomic mass is 10.2. The molecule has 16 heavy (non-hydrogen) atoms. The number of nitrogens with two attached hydrogens (primary N) is 1. The van der Waals surface area contributed by atoms with E-state index in [9.17, 15) is 16.8 Å². The van der Waals surface area contributed by atoms with E-state index < -0.39 is 25.1 Å². The molecule has 96 valence electrons. The minimum Gasteiger partial charge on any atom is -0.329 e. The van der Waals surface area contributed by atoms with Crippen LogP contribution >= 0.6 is 0 Å². The van der Waals surface area contributed by atoms with Crippen LogP contribution in [0.5, 0.6) is 0 Å². The molecule has 0 bridgehead atoms. The molecule has 1 rings (SSSR count). The zero-order valence-corrected chi connectivity index (χ0v) is 10.9. The maximum absolute atomic E-state index is 12.0. The summed E-state index contributed by atoms with van der Waals surface area (Å²) in [5, 5.41) is -0.576. The Labute approximate surface area is 96.8 Å².